The van der Waals surface area contributed by atoms with Gasteiger partial charge in [0.05, 0.1) is 4.92 Å². The molecule has 3 N–H and O–H groups in total. The number of hydrogen-bond acceptors (Lipinski definition) is 7. The molecule has 0 bridgehead atoms. The van der Waals surface area contributed by atoms with Crippen LogP contribution in [-0.2, 0) is 4.74 Å². The van der Waals surface area contributed by atoms with Crippen LogP contribution in [-0.4, -0.2) is 38.8 Å². The summed E-state index contributed by atoms with van der Waals surface area (Å²) in [5.41, 5.74) is -0.300. The second kappa shape index (κ2) is 10.00. The smallest absolute Gasteiger partial charge is 0.444 e. The highest BCUT2D eigenvalue weighted by molar-refractivity contribution is 9.10. The van der Waals surface area contributed by atoms with Crippen LogP contribution in [0.5, 0.6) is 0 Å². The summed E-state index contributed by atoms with van der Waals surface area (Å²) >= 11 is 3.13. The minimum atomic E-state index is -1.38. The van der Waals surface area contributed by atoms with Crippen LogP contribution in [0.4, 0.5) is 16.2 Å². The van der Waals surface area contributed by atoms with Gasteiger partial charge in [0, 0.05) is 22.9 Å². The molecule has 0 atom stereocenters. The minimum Gasteiger partial charge on any atom is -0.444 e. The zero-order valence-corrected chi connectivity index (χ0v) is 16.5. The minimum absolute atomic E-state index is 0.0949. The van der Waals surface area contributed by atoms with Crippen molar-refractivity contribution in [2.75, 3.05) is 5.32 Å². The Balaban J connectivity index is 0.000000337. The molecule has 27 heavy (non-hydrogen) atoms. The van der Waals surface area contributed by atoms with Crippen molar-refractivity contribution in [3.8, 4) is 0 Å². The number of amides is 1. The number of anilines is 1. The number of carbonyl (C=O) groups excluding carboxylic acids is 1. The fraction of sp³-hybridized carbons (Fsp3) is 0.250. The molecule has 0 saturated carbocycles. The van der Waals surface area contributed by atoms with Gasteiger partial charge in [0.1, 0.15) is 11.3 Å². The first-order valence-electron chi connectivity index (χ1n) is 7.69. The lowest BCUT2D eigenvalue weighted by Crippen LogP contribution is -2.29. The van der Waals surface area contributed by atoms with Crippen LogP contribution in [0.15, 0.2) is 47.2 Å². The third-order valence-corrected chi connectivity index (χ3v) is 3.29. The highest BCUT2D eigenvalue weighted by atomic mass is 79.9. The van der Waals surface area contributed by atoms with Crippen molar-refractivity contribution in [3.63, 3.8) is 0 Å². The van der Waals surface area contributed by atoms with Gasteiger partial charge in [-0.2, -0.15) is 0 Å². The Bertz CT molecular complexity index is 783. The summed E-state index contributed by atoms with van der Waals surface area (Å²) in [6.45, 7) is 5.13. The van der Waals surface area contributed by atoms with Crippen LogP contribution in [0, 0.1) is 10.1 Å². The number of benzene rings is 1. The Morgan fingerprint density at radius 3 is 2.30 bits per heavy atom. The van der Waals surface area contributed by atoms with Crippen molar-refractivity contribution in [2.45, 2.75) is 26.4 Å². The topological polar surface area (TPSA) is 135 Å². The molecule has 0 unspecified atom stereocenters. The summed E-state index contributed by atoms with van der Waals surface area (Å²) in [4.78, 5) is 25.5. The molecule has 1 aromatic carbocycles. The molecular formula is C16H19BBrN3O6. The van der Waals surface area contributed by atoms with Gasteiger partial charge in [-0.15, -0.1) is 0 Å². The molecule has 11 heteroatoms. The second-order valence-electron chi connectivity index (χ2n) is 6.20. The van der Waals surface area contributed by atoms with Crippen LogP contribution < -0.4 is 10.8 Å². The molecule has 1 amide bonds. The number of nitrogens with zero attached hydrogens (tertiary/aromatic N) is 2. The molecule has 2 rings (SSSR count). The Labute approximate surface area is 164 Å². The number of ether oxygens (including phenoxy) is 1. The van der Waals surface area contributed by atoms with Gasteiger partial charge in [-0.05, 0) is 50.5 Å². The number of carbonyl (C=O) groups is 1. The van der Waals surface area contributed by atoms with E-state index in [1.54, 1.807) is 39.0 Å². The lowest BCUT2D eigenvalue weighted by Gasteiger charge is -2.19. The van der Waals surface area contributed by atoms with Crippen molar-refractivity contribution < 1.29 is 24.5 Å². The number of nitro benzene ring substituents is 1. The van der Waals surface area contributed by atoms with E-state index >= 15 is 0 Å². The van der Waals surface area contributed by atoms with E-state index in [2.05, 4.69) is 26.2 Å². The van der Waals surface area contributed by atoms with Crippen molar-refractivity contribution in [1.29, 1.82) is 0 Å². The summed E-state index contributed by atoms with van der Waals surface area (Å²) in [6, 6.07) is 7.44. The quantitative estimate of drug-likeness (QED) is 0.379. The molecular weight excluding hydrogens is 421 g/mol. The Morgan fingerprint density at radius 2 is 1.85 bits per heavy atom. The summed E-state index contributed by atoms with van der Waals surface area (Å²) in [6.07, 6.45) is 2.29. The van der Waals surface area contributed by atoms with E-state index in [1.165, 1.54) is 24.5 Å². The maximum Gasteiger partial charge on any atom is 0.488 e. The van der Waals surface area contributed by atoms with E-state index in [0.29, 0.717) is 9.94 Å². The molecule has 0 radical (unpaired) electrons. The molecule has 0 fully saturated rings. The van der Waals surface area contributed by atoms with Crippen molar-refractivity contribution in [3.05, 3.63) is 57.3 Å². The van der Waals surface area contributed by atoms with Gasteiger partial charge in [0.2, 0.25) is 0 Å². The van der Waals surface area contributed by atoms with Crippen LogP contribution in [0.25, 0.3) is 0 Å². The Hall–Kier alpha value is -2.50. The number of hydrogen-bond donors (Lipinski definition) is 3. The first-order chi connectivity index (χ1) is 12.5. The predicted octanol–water partition coefficient (Wildman–Crippen LogP) is 2.47. The summed E-state index contributed by atoms with van der Waals surface area (Å²) in [5.74, 6) is 0. The zero-order valence-electron chi connectivity index (χ0n) is 14.9. The number of aromatic nitrogens is 1. The predicted molar refractivity (Wildman–Crippen MR) is 105 cm³/mol. The molecule has 0 aliphatic rings. The fourth-order valence-electron chi connectivity index (χ4n) is 1.71. The Kier molecular flexibility index (Phi) is 8.35. The molecule has 9 nitrogen and oxygen atoms in total. The lowest BCUT2D eigenvalue weighted by molar-refractivity contribution is -0.384. The fourth-order valence-corrected chi connectivity index (χ4v) is 2.06. The molecule has 144 valence electrons. The van der Waals surface area contributed by atoms with Gasteiger partial charge in [-0.1, -0.05) is 15.9 Å². The SMILES string of the molecule is CC(C)(C)OC(=O)Nc1ccc(Br)cc1[N+](=O)[O-].OB(O)c1ccncc1. The monoisotopic (exact) mass is 439 g/mol. The highest BCUT2D eigenvalue weighted by Gasteiger charge is 2.20. The van der Waals surface area contributed by atoms with Crippen molar-refractivity contribution in [2.24, 2.45) is 0 Å². The molecule has 2 aromatic rings. The average molecular weight is 440 g/mol. The Morgan fingerprint density at radius 1 is 1.26 bits per heavy atom. The zero-order chi connectivity index (χ0) is 20.6. The number of nitrogens with one attached hydrogen (secondary N) is 1. The number of rotatable bonds is 3. The summed E-state index contributed by atoms with van der Waals surface area (Å²) in [5, 5.41) is 30.3. The van der Waals surface area contributed by atoms with Gasteiger partial charge in [0.15, 0.2) is 0 Å². The van der Waals surface area contributed by atoms with Crippen LogP contribution in [0.3, 0.4) is 0 Å². The molecule has 0 spiro atoms. The number of nitro groups is 1. The van der Waals surface area contributed by atoms with E-state index in [-0.39, 0.29) is 11.4 Å². The summed E-state index contributed by atoms with van der Waals surface area (Å²) in [7, 11) is -1.38. The van der Waals surface area contributed by atoms with E-state index in [4.69, 9.17) is 14.8 Å². The first kappa shape index (κ1) is 22.5. The normalized spacial score (nSPS) is 10.3. The van der Waals surface area contributed by atoms with Crippen LogP contribution in [0.1, 0.15) is 20.8 Å². The van der Waals surface area contributed by atoms with E-state index in [9.17, 15) is 14.9 Å². The van der Waals surface area contributed by atoms with E-state index < -0.39 is 23.7 Å². The first-order valence-corrected chi connectivity index (χ1v) is 8.49. The second-order valence-corrected chi connectivity index (χ2v) is 7.12. The maximum absolute atomic E-state index is 11.5. The summed E-state index contributed by atoms with van der Waals surface area (Å²) < 4.78 is 5.58. The maximum atomic E-state index is 11.5. The average Bonchev–Trinajstić information content (AvgIpc) is 2.56. The lowest BCUT2D eigenvalue weighted by atomic mass is 9.81. The number of halogens is 1. The van der Waals surface area contributed by atoms with Gasteiger partial charge in [-0.3, -0.25) is 20.4 Å². The molecule has 0 saturated heterocycles. The van der Waals surface area contributed by atoms with E-state index in [0.717, 1.165) is 0 Å². The molecule has 0 aliphatic heterocycles. The highest BCUT2D eigenvalue weighted by Crippen LogP contribution is 2.28. The largest absolute Gasteiger partial charge is 0.488 e. The third kappa shape index (κ3) is 8.62. The molecule has 0 aliphatic carbocycles. The van der Waals surface area contributed by atoms with Crippen LogP contribution in [0.2, 0.25) is 0 Å². The molecule has 1 heterocycles. The standard InChI is InChI=1S/C11H13BrN2O4.C5H6BNO2/c1-11(2,3)18-10(15)13-8-5-4-7(12)6-9(8)14(16)17;8-6(9)5-1-3-7-4-2-5/h4-6H,1-3H3,(H,13,15);1-4,8-9H. The van der Waals surface area contributed by atoms with Gasteiger partial charge in [-0.25, -0.2) is 4.79 Å². The van der Waals surface area contributed by atoms with E-state index in [1.807, 2.05) is 0 Å². The molecule has 1 aromatic heterocycles. The number of pyridine rings is 1. The van der Waals surface area contributed by atoms with Gasteiger partial charge >= 0.3 is 13.2 Å². The van der Waals surface area contributed by atoms with Crippen LogP contribution >= 0.6 is 15.9 Å². The van der Waals surface area contributed by atoms with Crippen molar-refractivity contribution in [1.82, 2.24) is 4.98 Å². The van der Waals surface area contributed by atoms with Crippen molar-refractivity contribution >= 4 is 46.0 Å². The van der Waals surface area contributed by atoms with Gasteiger partial charge < -0.3 is 14.8 Å². The van der Waals surface area contributed by atoms with Gasteiger partial charge in [0.25, 0.3) is 5.69 Å². The third-order valence-electron chi connectivity index (χ3n) is 2.80.